The molecule has 1 aromatic rings. The number of carbonyl (C=O) groups is 1. The number of esters is 1. The van der Waals surface area contributed by atoms with Gasteiger partial charge in [-0.2, -0.15) is 0 Å². The number of methoxy groups -OCH3 is 1. The average Bonchev–Trinajstić information content (AvgIpc) is 2.58. The van der Waals surface area contributed by atoms with Crippen LogP contribution in [-0.4, -0.2) is 30.3 Å². The molecule has 1 rings (SSSR count). The third kappa shape index (κ3) is 7.67. The quantitative estimate of drug-likeness (QED) is 0.442. The Labute approximate surface area is 169 Å². The normalized spacial score (nSPS) is 13.5. The van der Waals surface area contributed by atoms with Crippen molar-refractivity contribution in [1.29, 1.82) is 0 Å². The van der Waals surface area contributed by atoms with Gasteiger partial charge in [0.15, 0.2) is 5.60 Å². The fraction of sp³-hybridized carbons (Fsp3) is 0.522. The van der Waals surface area contributed by atoms with Gasteiger partial charge in [0.1, 0.15) is 11.4 Å². The highest BCUT2D eigenvalue weighted by Gasteiger charge is 2.33. The van der Waals surface area contributed by atoms with E-state index in [9.17, 15) is 4.79 Å². The number of benzene rings is 1. The molecule has 0 saturated heterocycles. The van der Waals surface area contributed by atoms with Crippen LogP contribution in [0.1, 0.15) is 60.5 Å². The van der Waals surface area contributed by atoms with Crippen LogP contribution in [0.15, 0.2) is 36.6 Å². The molecule has 0 aliphatic rings. The number of nitrogens with one attached hydrogen (secondary N) is 1. The maximum absolute atomic E-state index is 12.3. The fourth-order valence-corrected chi connectivity index (χ4v) is 2.51. The second-order valence-electron chi connectivity index (χ2n) is 8.50. The first kappa shape index (κ1) is 23.6. The second kappa shape index (κ2) is 9.67. The lowest BCUT2D eigenvalue weighted by Gasteiger charge is -2.28. The van der Waals surface area contributed by atoms with Gasteiger partial charge in [-0.25, -0.2) is 4.79 Å². The molecule has 0 aliphatic carbocycles. The summed E-state index contributed by atoms with van der Waals surface area (Å²) in [5, 5.41) is 3.48. The van der Waals surface area contributed by atoms with Gasteiger partial charge in [0.25, 0.3) is 0 Å². The van der Waals surface area contributed by atoms with Gasteiger partial charge in [-0.15, -0.1) is 0 Å². The highest BCUT2D eigenvalue weighted by Crippen LogP contribution is 2.25. The third-order valence-corrected chi connectivity index (χ3v) is 3.95. The Balaban J connectivity index is 2.70. The molecular formula is C23H35NO4. The zero-order valence-corrected chi connectivity index (χ0v) is 18.5. The van der Waals surface area contributed by atoms with E-state index in [0.717, 1.165) is 29.0 Å². The van der Waals surface area contributed by atoms with Crippen molar-refractivity contribution >= 4 is 17.7 Å². The Morgan fingerprint density at radius 2 is 1.89 bits per heavy atom. The molecule has 1 aromatic carbocycles. The molecule has 5 nitrogen and oxygen atoms in total. The smallest absolute Gasteiger partial charge is 0.350 e. The van der Waals surface area contributed by atoms with Crippen LogP contribution in [-0.2, 0) is 14.3 Å². The van der Waals surface area contributed by atoms with Gasteiger partial charge in [-0.1, -0.05) is 12.7 Å². The van der Waals surface area contributed by atoms with E-state index in [1.54, 1.807) is 33.3 Å². The summed E-state index contributed by atoms with van der Waals surface area (Å²) in [6, 6.07) is 6.00. The van der Waals surface area contributed by atoms with E-state index in [1.165, 1.54) is 0 Å². The second-order valence-corrected chi connectivity index (χ2v) is 8.50. The summed E-state index contributed by atoms with van der Waals surface area (Å²) >= 11 is 0. The van der Waals surface area contributed by atoms with Crippen LogP contribution in [0.4, 0.5) is 5.69 Å². The summed E-state index contributed by atoms with van der Waals surface area (Å²) in [6.07, 6.45) is 4.20. The van der Waals surface area contributed by atoms with Crippen molar-refractivity contribution in [1.82, 2.24) is 0 Å². The number of carbonyl (C=O) groups excluding carboxylic acids is 1. The van der Waals surface area contributed by atoms with Gasteiger partial charge in [-0.05, 0) is 78.7 Å². The van der Waals surface area contributed by atoms with Crippen molar-refractivity contribution in [3.63, 3.8) is 0 Å². The van der Waals surface area contributed by atoms with Crippen LogP contribution in [0.2, 0.25) is 0 Å². The van der Waals surface area contributed by atoms with Crippen molar-refractivity contribution in [3.8, 4) is 5.75 Å². The summed E-state index contributed by atoms with van der Waals surface area (Å²) in [4.78, 5) is 12.3. The van der Waals surface area contributed by atoms with Gasteiger partial charge in [0.05, 0.1) is 13.4 Å². The lowest BCUT2D eigenvalue weighted by Crippen LogP contribution is -2.39. The first-order chi connectivity index (χ1) is 12.9. The molecule has 1 N–H and O–H groups in total. The van der Waals surface area contributed by atoms with Crippen LogP contribution < -0.4 is 10.1 Å². The average molecular weight is 390 g/mol. The van der Waals surface area contributed by atoms with Crippen LogP contribution in [0, 0.1) is 0 Å². The highest BCUT2D eigenvalue weighted by molar-refractivity contribution is 5.79. The molecule has 1 atom stereocenters. The minimum absolute atomic E-state index is 0.164. The van der Waals surface area contributed by atoms with E-state index in [2.05, 4.69) is 18.8 Å². The van der Waals surface area contributed by atoms with Crippen LogP contribution >= 0.6 is 0 Å². The molecule has 28 heavy (non-hydrogen) atoms. The van der Waals surface area contributed by atoms with Crippen LogP contribution in [0.5, 0.6) is 5.75 Å². The molecule has 5 heteroatoms. The molecule has 0 radical (unpaired) electrons. The minimum atomic E-state index is -1.04. The Morgan fingerprint density at radius 1 is 1.25 bits per heavy atom. The number of rotatable bonds is 9. The number of anilines is 1. The summed E-state index contributed by atoms with van der Waals surface area (Å²) in [6.45, 7) is 16.9. The molecule has 156 valence electrons. The standard InChI is InChI=1S/C23H35NO4/c1-10-18-14-19(26-9)11-12-20(18)24-17(3)13-16(2)15-27-23(7,8)21(25)28-22(4,5)6/h10-12,14-15,17,24H,1,13H2,2-9H3/b16-15+. The highest BCUT2D eigenvalue weighted by atomic mass is 16.6. The first-order valence-electron chi connectivity index (χ1n) is 9.52. The molecule has 1 unspecified atom stereocenters. The van der Waals surface area contributed by atoms with Crippen molar-refractivity contribution in [3.05, 3.63) is 42.2 Å². The zero-order valence-electron chi connectivity index (χ0n) is 18.5. The molecule has 0 bridgehead atoms. The maximum Gasteiger partial charge on any atom is 0.350 e. The molecule has 0 aromatic heterocycles. The van der Waals surface area contributed by atoms with Gasteiger partial charge in [-0.3, -0.25) is 0 Å². The number of hydrogen-bond donors (Lipinski definition) is 1. The molecule has 0 aliphatic heterocycles. The lowest BCUT2D eigenvalue weighted by atomic mass is 10.1. The molecule has 0 spiro atoms. The summed E-state index contributed by atoms with van der Waals surface area (Å²) in [7, 11) is 1.64. The summed E-state index contributed by atoms with van der Waals surface area (Å²) in [5.74, 6) is 0.408. The Hall–Kier alpha value is -2.43. The predicted molar refractivity (Wildman–Crippen MR) is 116 cm³/mol. The maximum atomic E-state index is 12.3. The molecule has 0 fully saturated rings. The molecule has 0 saturated carbocycles. The number of ether oxygens (including phenoxy) is 3. The largest absolute Gasteiger partial charge is 0.497 e. The lowest BCUT2D eigenvalue weighted by molar-refractivity contribution is -0.174. The third-order valence-electron chi connectivity index (χ3n) is 3.95. The van der Waals surface area contributed by atoms with Crippen molar-refractivity contribution in [2.45, 2.75) is 72.1 Å². The predicted octanol–water partition coefficient (Wildman–Crippen LogP) is 5.57. The van der Waals surface area contributed by atoms with Gasteiger partial charge >= 0.3 is 5.97 Å². The van der Waals surface area contributed by atoms with Gasteiger partial charge in [0.2, 0.25) is 0 Å². The van der Waals surface area contributed by atoms with Crippen molar-refractivity contribution in [2.24, 2.45) is 0 Å². The molecule has 0 heterocycles. The van der Waals surface area contributed by atoms with E-state index in [0.29, 0.717) is 0 Å². The minimum Gasteiger partial charge on any atom is -0.497 e. The van der Waals surface area contributed by atoms with Crippen LogP contribution in [0.3, 0.4) is 0 Å². The SMILES string of the molecule is C=Cc1cc(OC)ccc1NC(C)C/C(C)=C/OC(C)(C)C(=O)OC(C)(C)C. The van der Waals surface area contributed by atoms with E-state index in [-0.39, 0.29) is 12.0 Å². The Kier molecular flexibility index (Phi) is 8.15. The number of hydrogen-bond acceptors (Lipinski definition) is 5. The topological polar surface area (TPSA) is 56.8 Å². The summed E-state index contributed by atoms with van der Waals surface area (Å²) in [5.41, 5.74) is 1.40. The molecular weight excluding hydrogens is 354 g/mol. The first-order valence-corrected chi connectivity index (χ1v) is 9.52. The van der Waals surface area contributed by atoms with Crippen LogP contribution in [0.25, 0.3) is 6.08 Å². The zero-order chi connectivity index (χ0) is 21.5. The van der Waals surface area contributed by atoms with Gasteiger partial charge in [0, 0.05) is 17.3 Å². The van der Waals surface area contributed by atoms with Gasteiger partial charge < -0.3 is 19.5 Å². The Morgan fingerprint density at radius 3 is 2.43 bits per heavy atom. The van der Waals surface area contributed by atoms with E-state index >= 15 is 0 Å². The molecule has 0 amide bonds. The Bertz CT molecular complexity index is 714. The fourth-order valence-electron chi connectivity index (χ4n) is 2.51. The monoisotopic (exact) mass is 389 g/mol. The van der Waals surface area contributed by atoms with Crippen molar-refractivity contribution in [2.75, 3.05) is 12.4 Å². The van der Waals surface area contributed by atoms with Crippen molar-refractivity contribution < 1.29 is 19.0 Å². The summed E-state index contributed by atoms with van der Waals surface area (Å²) < 4.78 is 16.4. The van der Waals surface area contributed by atoms with E-state index in [4.69, 9.17) is 14.2 Å². The van der Waals surface area contributed by atoms with E-state index in [1.807, 2.05) is 45.9 Å². The van der Waals surface area contributed by atoms with E-state index < -0.39 is 11.2 Å².